The van der Waals surface area contributed by atoms with Gasteiger partial charge in [0.1, 0.15) is 6.04 Å². The number of carboxylic acid groups (broad SMARTS) is 1. The van der Waals surface area contributed by atoms with Gasteiger partial charge in [-0.25, -0.2) is 13.2 Å². The predicted molar refractivity (Wildman–Crippen MR) is 73.7 cm³/mol. The van der Waals surface area contributed by atoms with Crippen LogP contribution >= 0.6 is 0 Å². The number of carbonyl (C=O) groups is 2. The molecule has 0 aliphatic carbocycles. The molecule has 110 valence electrons. The monoisotopic (exact) mass is 307 g/mol. The second-order valence-corrected chi connectivity index (χ2v) is 7.26. The van der Waals surface area contributed by atoms with Gasteiger partial charge in [-0.3, -0.25) is 9.69 Å². The van der Waals surface area contributed by atoms with E-state index in [-0.39, 0.29) is 4.90 Å². The number of ketones is 1. The molecule has 3 rings (SSSR count). The maximum absolute atomic E-state index is 12.6. The molecule has 1 amide bonds. The van der Waals surface area contributed by atoms with E-state index in [2.05, 4.69) is 0 Å². The standard InChI is InChI=1S/C14H13NO5S/c1-8-2-4-9(5-3-8)21(19,20)13-11-7-6-10(12(13)16)15(11)14(17)18/h2-7,10-11,13H,1H3,(H,17,18). The molecule has 1 aromatic carbocycles. The lowest BCUT2D eigenvalue weighted by Gasteiger charge is -2.19. The molecule has 21 heavy (non-hydrogen) atoms. The summed E-state index contributed by atoms with van der Waals surface area (Å²) >= 11 is 0. The highest BCUT2D eigenvalue weighted by Gasteiger charge is 2.57. The summed E-state index contributed by atoms with van der Waals surface area (Å²) in [7, 11) is -3.91. The third-order valence-electron chi connectivity index (χ3n) is 3.90. The van der Waals surface area contributed by atoms with E-state index >= 15 is 0 Å². The molecule has 0 saturated carbocycles. The molecule has 2 aliphatic heterocycles. The molecule has 2 heterocycles. The number of hydrogen-bond acceptors (Lipinski definition) is 4. The molecule has 0 aromatic heterocycles. The average Bonchev–Trinajstić information content (AvgIpc) is 2.94. The topological polar surface area (TPSA) is 91.8 Å². The molecule has 2 bridgehead atoms. The molecule has 3 unspecified atom stereocenters. The van der Waals surface area contributed by atoms with Gasteiger partial charge in [0.15, 0.2) is 20.9 Å². The number of carbonyl (C=O) groups excluding carboxylic acids is 1. The van der Waals surface area contributed by atoms with Crippen LogP contribution in [0.5, 0.6) is 0 Å². The number of fused-ring (bicyclic) bond motifs is 2. The highest BCUT2D eigenvalue weighted by Crippen LogP contribution is 2.36. The minimum absolute atomic E-state index is 0.0396. The number of sulfone groups is 1. The zero-order valence-electron chi connectivity index (χ0n) is 11.1. The smallest absolute Gasteiger partial charge is 0.408 e. The second-order valence-electron chi connectivity index (χ2n) is 5.19. The van der Waals surface area contributed by atoms with E-state index in [9.17, 15) is 18.0 Å². The summed E-state index contributed by atoms with van der Waals surface area (Å²) in [5, 5.41) is 7.79. The third kappa shape index (κ3) is 1.88. The normalized spacial score (nSPS) is 27.4. The van der Waals surface area contributed by atoms with Crippen molar-refractivity contribution in [3.63, 3.8) is 0 Å². The van der Waals surface area contributed by atoms with Crippen LogP contribution in [-0.4, -0.2) is 47.6 Å². The van der Waals surface area contributed by atoms with Crippen molar-refractivity contribution in [2.24, 2.45) is 0 Å². The van der Waals surface area contributed by atoms with E-state index < -0.39 is 39.0 Å². The van der Waals surface area contributed by atoms with Gasteiger partial charge in [0, 0.05) is 0 Å². The van der Waals surface area contributed by atoms with Crippen molar-refractivity contribution in [2.45, 2.75) is 29.2 Å². The Morgan fingerprint density at radius 3 is 2.33 bits per heavy atom. The second kappa shape index (κ2) is 4.42. The number of hydrogen-bond donors (Lipinski definition) is 1. The molecular weight excluding hydrogens is 294 g/mol. The van der Waals surface area contributed by atoms with Gasteiger partial charge in [-0.1, -0.05) is 29.8 Å². The molecule has 0 spiro atoms. The van der Waals surface area contributed by atoms with E-state index in [1.54, 1.807) is 12.1 Å². The first-order chi connectivity index (χ1) is 9.84. The van der Waals surface area contributed by atoms with Crippen LogP contribution in [-0.2, 0) is 14.6 Å². The quantitative estimate of drug-likeness (QED) is 0.823. The van der Waals surface area contributed by atoms with Crippen molar-refractivity contribution in [1.82, 2.24) is 4.90 Å². The highest BCUT2D eigenvalue weighted by molar-refractivity contribution is 7.93. The lowest BCUT2D eigenvalue weighted by Crippen LogP contribution is -2.40. The Hall–Kier alpha value is -2.15. The summed E-state index contributed by atoms with van der Waals surface area (Å²) in [6.45, 7) is 1.83. The van der Waals surface area contributed by atoms with Crippen molar-refractivity contribution in [3.8, 4) is 0 Å². The minimum Gasteiger partial charge on any atom is -0.465 e. The zero-order chi connectivity index (χ0) is 15.4. The molecule has 1 fully saturated rings. The van der Waals surface area contributed by atoms with Crippen LogP contribution in [0.4, 0.5) is 4.79 Å². The predicted octanol–water partition coefficient (Wildman–Crippen LogP) is 1.01. The van der Waals surface area contributed by atoms with Crippen LogP contribution in [0.15, 0.2) is 41.3 Å². The van der Waals surface area contributed by atoms with Gasteiger partial charge in [-0.05, 0) is 19.1 Å². The maximum atomic E-state index is 12.6. The van der Waals surface area contributed by atoms with E-state index in [0.29, 0.717) is 0 Å². The van der Waals surface area contributed by atoms with Gasteiger partial charge in [0.05, 0.1) is 10.9 Å². The van der Waals surface area contributed by atoms with Crippen LogP contribution in [0.2, 0.25) is 0 Å². The summed E-state index contributed by atoms with van der Waals surface area (Å²) in [4.78, 5) is 24.4. The molecule has 6 nitrogen and oxygen atoms in total. The Kier molecular flexibility index (Phi) is 2.91. The van der Waals surface area contributed by atoms with Crippen LogP contribution < -0.4 is 0 Å². The van der Waals surface area contributed by atoms with Gasteiger partial charge < -0.3 is 5.11 Å². The first-order valence-corrected chi connectivity index (χ1v) is 7.92. The van der Waals surface area contributed by atoms with Gasteiger partial charge in [-0.15, -0.1) is 0 Å². The van der Waals surface area contributed by atoms with Crippen molar-refractivity contribution in [2.75, 3.05) is 0 Å². The lowest BCUT2D eigenvalue weighted by molar-refractivity contribution is -0.118. The summed E-state index contributed by atoms with van der Waals surface area (Å²) in [6.07, 6.45) is 1.64. The number of aryl methyl sites for hydroxylation is 1. The van der Waals surface area contributed by atoms with Gasteiger partial charge in [0.25, 0.3) is 0 Å². The minimum atomic E-state index is -3.91. The maximum Gasteiger partial charge on any atom is 0.408 e. The summed E-state index contributed by atoms with van der Waals surface area (Å²) < 4.78 is 25.3. The molecule has 1 saturated heterocycles. The molecular formula is C14H13NO5S. The van der Waals surface area contributed by atoms with E-state index in [0.717, 1.165) is 10.5 Å². The molecule has 2 aliphatic rings. The summed E-state index contributed by atoms with van der Waals surface area (Å²) in [5.74, 6) is -0.578. The first kappa shape index (κ1) is 13.8. The Labute approximate surface area is 121 Å². The van der Waals surface area contributed by atoms with Crippen molar-refractivity contribution in [3.05, 3.63) is 42.0 Å². The van der Waals surface area contributed by atoms with Crippen molar-refractivity contribution < 1.29 is 23.1 Å². The summed E-state index contributed by atoms with van der Waals surface area (Å²) in [5.41, 5.74) is 0.903. The Morgan fingerprint density at radius 1 is 1.19 bits per heavy atom. The van der Waals surface area contributed by atoms with Crippen LogP contribution in [0, 0.1) is 6.92 Å². The number of amides is 1. The van der Waals surface area contributed by atoms with E-state index in [4.69, 9.17) is 5.11 Å². The SMILES string of the molecule is Cc1ccc(S(=O)(=O)C2C(=O)C3C=CC2N3C(=O)O)cc1. The van der Waals surface area contributed by atoms with E-state index in [1.165, 1.54) is 24.3 Å². The number of Topliss-reactive ketones (excluding diaryl/α,β-unsaturated/α-hetero) is 1. The fraction of sp³-hybridized carbons (Fsp3) is 0.286. The Bertz CT molecular complexity index is 750. The van der Waals surface area contributed by atoms with Crippen LogP contribution in [0.3, 0.4) is 0 Å². The average molecular weight is 307 g/mol. The molecule has 1 aromatic rings. The first-order valence-electron chi connectivity index (χ1n) is 6.38. The van der Waals surface area contributed by atoms with E-state index in [1.807, 2.05) is 6.92 Å². The number of rotatable bonds is 2. The Morgan fingerprint density at radius 2 is 1.81 bits per heavy atom. The number of nitrogens with zero attached hydrogens (tertiary/aromatic N) is 1. The lowest BCUT2D eigenvalue weighted by atomic mass is 10.1. The molecule has 0 radical (unpaired) electrons. The third-order valence-corrected chi connectivity index (χ3v) is 6.01. The molecule has 3 atom stereocenters. The fourth-order valence-electron chi connectivity index (χ4n) is 2.86. The van der Waals surface area contributed by atoms with Crippen LogP contribution in [0.1, 0.15) is 5.56 Å². The zero-order valence-corrected chi connectivity index (χ0v) is 11.9. The van der Waals surface area contributed by atoms with Gasteiger partial charge in [-0.2, -0.15) is 0 Å². The largest absolute Gasteiger partial charge is 0.465 e. The summed E-state index contributed by atoms with van der Waals surface area (Å²) in [6, 6.07) is 4.26. The highest BCUT2D eigenvalue weighted by atomic mass is 32.2. The van der Waals surface area contributed by atoms with Gasteiger partial charge >= 0.3 is 6.09 Å². The Balaban J connectivity index is 2.05. The van der Waals surface area contributed by atoms with Crippen molar-refractivity contribution in [1.29, 1.82) is 0 Å². The fourth-order valence-corrected chi connectivity index (χ4v) is 4.71. The molecule has 1 N–H and O–H groups in total. The van der Waals surface area contributed by atoms with Gasteiger partial charge in [0.2, 0.25) is 0 Å². The number of benzene rings is 1. The molecule has 7 heteroatoms. The van der Waals surface area contributed by atoms with Crippen LogP contribution in [0.25, 0.3) is 0 Å². The van der Waals surface area contributed by atoms with Crippen molar-refractivity contribution >= 4 is 21.7 Å².